The molecule has 2 amide bonds. The molecule has 2 N–H and O–H groups in total. The first-order valence-electron chi connectivity index (χ1n) is 4.48. The van der Waals surface area contributed by atoms with Crippen molar-refractivity contribution in [2.24, 2.45) is 0 Å². The van der Waals surface area contributed by atoms with Crippen LogP contribution in [-0.4, -0.2) is 12.6 Å². The summed E-state index contributed by atoms with van der Waals surface area (Å²) < 4.78 is 0. The molecule has 1 aliphatic heterocycles. The van der Waals surface area contributed by atoms with Gasteiger partial charge in [-0.1, -0.05) is 23.7 Å². The molecule has 4 heteroatoms. The predicted molar refractivity (Wildman–Crippen MR) is 55.5 cm³/mol. The Labute approximate surface area is 87.4 Å². The monoisotopic (exact) mass is 210 g/mol. The molecule has 1 heterocycles. The van der Waals surface area contributed by atoms with E-state index in [1.54, 1.807) is 0 Å². The molecular weight excluding hydrogens is 200 g/mol. The average Bonchev–Trinajstić information content (AvgIpc) is 2.51. The first kappa shape index (κ1) is 9.34. The van der Waals surface area contributed by atoms with Crippen LogP contribution in [0.3, 0.4) is 0 Å². The van der Waals surface area contributed by atoms with Gasteiger partial charge in [0.1, 0.15) is 0 Å². The lowest BCUT2D eigenvalue weighted by atomic mass is 10.0. The quantitative estimate of drug-likeness (QED) is 0.732. The van der Waals surface area contributed by atoms with Crippen LogP contribution < -0.4 is 10.6 Å². The molecule has 0 bridgehead atoms. The Morgan fingerprint density at radius 1 is 1.50 bits per heavy atom. The zero-order chi connectivity index (χ0) is 10.1. The number of hydrogen-bond acceptors (Lipinski definition) is 1. The molecule has 0 unspecified atom stereocenters. The third-order valence-corrected chi connectivity index (χ3v) is 2.72. The van der Waals surface area contributed by atoms with E-state index < -0.39 is 0 Å². The number of aryl methyl sites for hydroxylation is 1. The van der Waals surface area contributed by atoms with Crippen LogP contribution in [-0.2, 0) is 0 Å². The number of benzene rings is 1. The van der Waals surface area contributed by atoms with E-state index in [-0.39, 0.29) is 12.1 Å². The van der Waals surface area contributed by atoms with E-state index >= 15 is 0 Å². The number of carbonyl (C=O) groups is 1. The molecule has 1 aromatic rings. The predicted octanol–water partition coefficient (Wildman–Crippen LogP) is 2.00. The maximum absolute atomic E-state index is 11.0. The highest BCUT2D eigenvalue weighted by Crippen LogP contribution is 2.27. The molecule has 74 valence electrons. The fourth-order valence-corrected chi connectivity index (χ4v) is 2.07. The van der Waals surface area contributed by atoms with Crippen LogP contribution in [0.5, 0.6) is 0 Å². The van der Waals surface area contributed by atoms with Gasteiger partial charge in [0, 0.05) is 11.6 Å². The third-order valence-electron chi connectivity index (χ3n) is 2.39. The van der Waals surface area contributed by atoms with Crippen molar-refractivity contribution in [3.05, 3.63) is 34.3 Å². The van der Waals surface area contributed by atoms with Crippen LogP contribution in [0.15, 0.2) is 18.2 Å². The fraction of sp³-hybridized carbons (Fsp3) is 0.300. The summed E-state index contributed by atoms with van der Waals surface area (Å²) in [5.74, 6) is 0. The van der Waals surface area contributed by atoms with E-state index in [9.17, 15) is 4.79 Å². The normalized spacial score (nSPS) is 20.4. The second kappa shape index (κ2) is 3.50. The second-order valence-electron chi connectivity index (χ2n) is 3.38. The van der Waals surface area contributed by atoms with Crippen LogP contribution >= 0.6 is 11.6 Å². The van der Waals surface area contributed by atoms with Crippen molar-refractivity contribution < 1.29 is 4.79 Å². The van der Waals surface area contributed by atoms with E-state index in [0.29, 0.717) is 11.6 Å². The molecule has 0 radical (unpaired) electrons. The Hall–Kier alpha value is -1.22. The molecule has 3 nitrogen and oxygen atoms in total. The maximum Gasteiger partial charge on any atom is 0.315 e. The molecule has 1 saturated heterocycles. The van der Waals surface area contributed by atoms with E-state index in [0.717, 1.165) is 11.1 Å². The van der Waals surface area contributed by atoms with Crippen molar-refractivity contribution in [1.29, 1.82) is 0 Å². The summed E-state index contributed by atoms with van der Waals surface area (Å²) in [5.41, 5.74) is 2.11. The summed E-state index contributed by atoms with van der Waals surface area (Å²) in [5, 5.41) is 6.24. The van der Waals surface area contributed by atoms with Gasteiger partial charge in [-0.25, -0.2) is 4.79 Å². The van der Waals surface area contributed by atoms with Gasteiger partial charge >= 0.3 is 6.03 Å². The van der Waals surface area contributed by atoms with Gasteiger partial charge in [-0.15, -0.1) is 0 Å². The lowest BCUT2D eigenvalue weighted by Gasteiger charge is -2.13. The number of hydrogen-bond donors (Lipinski definition) is 2. The lowest BCUT2D eigenvalue weighted by molar-refractivity contribution is 0.247. The zero-order valence-corrected chi connectivity index (χ0v) is 8.56. The van der Waals surface area contributed by atoms with E-state index in [1.807, 2.05) is 25.1 Å². The molecule has 1 aliphatic rings. The highest BCUT2D eigenvalue weighted by atomic mass is 35.5. The molecular formula is C10H11ClN2O. The molecule has 0 aliphatic carbocycles. The summed E-state index contributed by atoms with van der Waals surface area (Å²) in [6.45, 7) is 2.59. The first-order valence-corrected chi connectivity index (χ1v) is 4.85. The van der Waals surface area contributed by atoms with E-state index in [2.05, 4.69) is 10.6 Å². The van der Waals surface area contributed by atoms with Crippen LogP contribution in [0.25, 0.3) is 0 Å². The summed E-state index contributed by atoms with van der Waals surface area (Å²) in [6, 6.07) is 5.61. The average molecular weight is 211 g/mol. The number of urea groups is 1. The molecule has 1 atom stereocenters. The third kappa shape index (κ3) is 1.55. The summed E-state index contributed by atoms with van der Waals surface area (Å²) in [4.78, 5) is 11.0. The molecule has 1 fully saturated rings. The Balaban J connectivity index is 2.36. The summed E-state index contributed by atoms with van der Waals surface area (Å²) in [6.07, 6.45) is 0. The number of nitrogens with one attached hydrogen (secondary N) is 2. The smallest absolute Gasteiger partial charge is 0.315 e. The van der Waals surface area contributed by atoms with Crippen molar-refractivity contribution >= 4 is 17.6 Å². The number of rotatable bonds is 1. The topological polar surface area (TPSA) is 41.1 Å². The van der Waals surface area contributed by atoms with Gasteiger partial charge in [0.25, 0.3) is 0 Å². The minimum atomic E-state index is -0.130. The van der Waals surface area contributed by atoms with Gasteiger partial charge < -0.3 is 10.6 Å². The largest absolute Gasteiger partial charge is 0.336 e. The van der Waals surface area contributed by atoms with Crippen molar-refractivity contribution in [3.63, 3.8) is 0 Å². The van der Waals surface area contributed by atoms with Crippen LogP contribution in [0.2, 0.25) is 5.02 Å². The lowest BCUT2D eigenvalue weighted by Crippen LogP contribution is -2.22. The van der Waals surface area contributed by atoms with Crippen molar-refractivity contribution in [2.75, 3.05) is 6.54 Å². The second-order valence-corrected chi connectivity index (χ2v) is 3.78. The Bertz CT molecular complexity index is 358. The Kier molecular flexibility index (Phi) is 2.33. The van der Waals surface area contributed by atoms with Crippen LogP contribution in [0.1, 0.15) is 17.2 Å². The molecule has 0 aromatic heterocycles. The van der Waals surface area contributed by atoms with Gasteiger partial charge in [0.15, 0.2) is 0 Å². The molecule has 2 rings (SSSR count). The first-order chi connectivity index (χ1) is 6.68. The highest BCUT2D eigenvalue weighted by molar-refractivity contribution is 6.31. The summed E-state index contributed by atoms with van der Waals surface area (Å²) >= 11 is 6.08. The van der Waals surface area contributed by atoms with E-state index in [1.165, 1.54) is 0 Å². The SMILES string of the molecule is Cc1cccc(Cl)c1[C@@H]1CNC(=O)N1. The minimum absolute atomic E-state index is 0.00352. The summed E-state index contributed by atoms with van der Waals surface area (Å²) in [7, 11) is 0. The number of carbonyl (C=O) groups excluding carboxylic acids is 1. The van der Waals surface area contributed by atoms with Gasteiger partial charge in [0.2, 0.25) is 0 Å². The van der Waals surface area contributed by atoms with Crippen LogP contribution in [0, 0.1) is 6.92 Å². The standard InChI is InChI=1S/C10H11ClN2O/c1-6-3-2-4-7(11)9(6)8-5-12-10(14)13-8/h2-4,8H,5H2,1H3,(H2,12,13,14)/t8-/m0/s1. The maximum atomic E-state index is 11.0. The number of amides is 2. The van der Waals surface area contributed by atoms with Crippen molar-refractivity contribution in [1.82, 2.24) is 10.6 Å². The number of halogens is 1. The van der Waals surface area contributed by atoms with Crippen molar-refractivity contribution in [3.8, 4) is 0 Å². The Morgan fingerprint density at radius 3 is 2.86 bits per heavy atom. The zero-order valence-electron chi connectivity index (χ0n) is 7.80. The van der Waals surface area contributed by atoms with E-state index in [4.69, 9.17) is 11.6 Å². The van der Waals surface area contributed by atoms with Gasteiger partial charge in [-0.2, -0.15) is 0 Å². The van der Waals surface area contributed by atoms with Crippen LogP contribution in [0.4, 0.5) is 4.79 Å². The molecule has 0 spiro atoms. The minimum Gasteiger partial charge on any atom is -0.336 e. The fourth-order valence-electron chi connectivity index (χ4n) is 1.72. The highest BCUT2D eigenvalue weighted by Gasteiger charge is 2.24. The molecule has 1 aromatic carbocycles. The van der Waals surface area contributed by atoms with Gasteiger partial charge in [-0.05, 0) is 24.1 Å². The van der Waals surface area contributed by atoms with Gasteiger partial charge in [0.05, 0.1) is 6.04 Å². The van der Waals surface area contributed by atoms with Crippen molar-refractivity contribution in [2.45, 2.75) is 13.0 Å². The molecule has 14 heavy (non-hydrogen) atoms. The molecule has 0 saturated carbocycles. The Morgan fingerprint density at radius 2 is 2.29 bits per heavy atom. The van der Waals surface area contributed by atoms with Gasteiger partial charge in [-0.3, -0.25) is 0 Å².